The smallest absolute Gasteiger partial charge is 0.213 e. The molecule has 0 radical (unpaired) electrons. The first-order chi connectivity index (χ1) is 9.72. The van der Waals surface area contributed by atoms with E-state index in [0.29, 0.717) is 12.5 Å². The second-order valence-electron chi connectivity index (χ2n) is 4.41. The number of pyridine rings is 2. The fourth-order valence-electron chi connectivity index (χ4n) is 1.83. The van der Waals surface area contributed by atoms with Crippen LogP contribution in [0.3, 0.4) is 0 Å². The molecule has 0 unspecified atom stereocenters. The molecule has 0 saturated heterocycles. The first kappa shape index (κ1) is 14.4. The molecule has 2 aromatic heterocycles. The lowest BCUT2D eigenvalue weighted by molar-refractivity contribution is -0.0391. The van der Waals surface area contributed by atoms with Crippen LogP contribution in [0.4, 0.5) is 0 Å². The second-order valence-corrected chi connectivity index (χ2v) is 4.41. The predicted octanol–water partition coefficient (Wildman–Crippen LogP) is 2.58. The van der Waals surface area contributed by atoms with E-state index in [4.69, 9.17) is 14.2 Å². The SMILES string of the molecule is COCOCc1cc(OC)nc(-c2cncc(C)c2)c1. The van der Waals surface area contributed by atoms with Gasteiger partial charge in [-0.3, -0.25) is 4.98 Å². The summed E-state index contributed by atoms with van der Waals surface area (Å²) >= 11 is 0. The fourth-order valence-corrected chi connectivity index (χ4v) is 1.83. The van der Waals surface area contributed by atoms with E-state index in [0.717, 1.165) is 22.4 Å². The van der Waals surface area contributed by atoms with E-state index in [1.165, 1.54) is 0 Å². The zero-order valence-corrected chi connectivity index (χ0v) is 11.9. The van der Waals surface area contributed by atoms with Crippen molar-refractivity contribution in [1.82, 2.24) is 9.97 Å². The Morgan fingerprint density at radius 1 is 1.10 bits per heavy atom. The summed E-state index contributed by atoms with van der Waals surface area (Å²) in [5.74, 6) is 0.556. The van der Waals surface area contributed by atoms with Gasteiger partial charge in [0.15, 0.2) is 0 Å². The summed E-state index contributed by atoms with van der Waals surface area (Å²) in [4.78, 5) is 8.63. The van der Waals surface area contributed by atoms with Crippen LogP contribution in [0.5, 0.6) is 5.88 Å². The standard InChI is InChI=1S/C15H18N2O3/c1-11-4-13(8-16-7-11)14-5-12(9-20-10-18-2)6-15(17-14)19-3/h4-8H,9-10H2,1-3H3. The van der Waals surface area contributed by atoms with Crippen LogP contribution >= 0.6 is 0 Å². The Morgan fingerprint density at radius 2 is 1.95 bits per heavy atom. The van der Waals surface area contributed by atoms with Gasteiger partial charge >= 0.3 is 0 Å². The third kappa shape index (κ3) is 3.76. The number of nitrogens with zero attached hydrogens (tertiary/aromatic N) is 2. The molecule has 5 nitrogen and oxygen atoms in total. The molecule has 0 fully saturated rings. The Hall–Kier alpha value is -1.98. The van der Waals surface area contributed by atoms with Crippen molar-refractivity contribution in [3.8, 4) is 17.1 Å². The Kier molecular flexibility index (Phi) is 5.03. The molecule has 0 N–H and O–H groups in total. The molecule has 0 bridgehead atoms. The molecule has 106 valence electrons. The summed E-state index contributed by atoms with van der Waals surface area (Å²) in [7, 11) is 3.19. The Morgan fingerprint density at radius 3 is 2.65 bits per heavy atom. The maximum absolute atomic E-state index is 5.36. The summed E-state index contributed by atoms with van der Waals surface area (Å²) in [5, 5.41) is 0. The van der Waals surface area contributed by atoms with Gasteiger partial charge in [-0.2, -0.15) is 0 Å². The van der Waals surface area contributed by atoms with Crippen LogP contribution in [0.1, 0.15) is 11.1 Å². The number of hydrogen-bond donors (Lipinski definition) is 0. The quantitative estimate of drug-likeness (QED) is 0.598. The van der Waals surface area contributed by atoms with E-state index in [-0.39, 0.29) is 6.79 Å². The molecule has 0 aromatic carbocycles. The first-order valence-electron chi connectivity index (χ1n) is 6.26. The molecule has 2 aromatic rings. The van der Waals surface area contributed by atoms with Gasteiger partial charge in [-0.1, -0.05) is 0 Å². The third-order valence-corrected chi connectivity index (χ3v) is 2.71. The first-order valence-corrected chi connectivity index (χ1v) is 6.26. The van der Waals surface area contributed by atoms with Crippen molar-refractivity contribution in [2.45, 2.75) is 13.5 Å². The molecule has 0 amide bonds. The molecule has 5 heteroatoms. The lowest BCUT2D eigenvalue weighted by Gasteiger charge is -2.09. The fraction of sp³-hybridized carbons (Fsp3) is 0.333. The number of aromatic nitrogens is 2. The van der Waals surface area contributed by atoms with Gasteiger partial charge in [0, 0.05) is 31.1 Å². The molecule has 2 rings (SSSR count). The van der Waals surface area contributed by atoms with Crippen molar-refractivity contribution >= 4 is 0 Å². The zero-order chi connectivity index (χ0) is 14.4. The molecule has 0 atom stereocenters. The maximum Gasteiger partial charge on any atom is 0.213 e. The van der Waals surface area contributed by atoms with Crippen molar-refractivity contribution in [1.29, 1.82) is 0 Å². The number of ether oxygens (including phenoxy) is 3. The average Bonchev–Trinajstić information content (AvgIpc) is 2.47. The molecule has 2 heterocycles. The highest BCUT2D eigenvalue weighted by Gasteiger charge is 2.06. The lowest BCUT2D eigenvalue weighted by Crippen LogP contribution is -1.99. The Balaban J connectivity index is 2.30. The van der Waals surface area contributed by atoms with Crippen molar-refractivity contribution in [3.05, 3.63) is 41.7 Å². The largest absolute Gasteiger partial charge is 0.481 e. The van der Waals surface area contributed by atoms with Crippen LogP contribution < -0.4 is 4.74 Å². The molecular weight excluding hydrogens is 256 g/mol. The van der Waals surface area contributed by atoms with Gasteiger partial charge in [-0.25, -0.2) is 4.98 Å². The van der Waals surface area contributed by atoms with Crippen molar-refractivity contribution < 1.29 is 14.2 Å². The highest BCUT2D eigenvalue weighted by Crippen LogP contribution is 2.22. The second kappa shape index (κ2) is 6.98. The van der Waals surface area contributed by atoms with Gasteiger partial charge in [-0.15, -0.1) is 0 Å². The third-order valence-electron chi connectivity index (χ3n) is 2.71. The van der Waals surface area contributed by atoms with Gasteiger partial charge in [0.2, 0.25) is 5.88 Å². The summed E-state index contributed by atoms with van der Waals surface area (Å²) in [5.41, 5.74) is 3.84. The molecular formula is C15H18N2O3. The Labute approximate surface area is 118 Å². The van der Waals surface area contributed by atoms with Gasteiger partial charge in [0.25, 0.3) is 0 Å². The molecule has 0 aliphatic heterocycles. The highest BCUT2D eigenvalue weighted by atomic mass is 16.7. The lowest BCUT2D eigenvalue weighted by atomic mass is 10.1. The molecule has 0 aliphatic rings. The summed E-state index contributed by atoms with van der Waals surface area (Å²) in [6.07, 6.45) is 3.60. The average molecular weight is 274 g/mol. The van der Waals surface area contributed by atoms with Crippen LogP contribution in [0, 0.1) is 6.92 Å². The minimum Gasteiger partial charge on any atom is -0.481 e. The van der Waals surface area contributed by atoms with Gasteiger partial charge in [0.05, 0.1) is 19.4 Å². The van der Waals surface area contributed by atoms with E-state index in [1.807, 2.05) is 31.3 Å². The van der Waals surface area contributed by atoms with Crippen LogP contribution in [0.2, 0.25) is 0 Å². The minimum atomic E-state index is 0.256. The zero-order valence-electron chi connectivity index (χ0n) is 11.9. The van der Waals surface area contributed by atoms with Crippen LogP contribution in [0.25, 0.3) is 11.3 Å². The van der Waals surface area contributed by atoms with Gasteiger partial charge in [-0.05, 0) is 30.2 Å². The number of rotatable bonds is 6. The van der Waals surface area contributed by atoms with E-state index >= 15 is 0 Å². The van der Waals surface area contributed by atoms with E-state index in [2.05, 4.69) is 9.97 Å². The minimum absolute atomic E-state index is 0.256. The number of methoxy groups -OCH3 is 2. The molecule has 0 aliphatic carbocycles. The van der Waals surface area contributed by atoms with E-state index in [9.17, 15) is 0 Å². The van der Waals surface area contributed by atoms with E-state index < -0.39 is 0 Å². The maximum atomic E-state index is 5.36. The molecule has 0 saturated carbocycles. The summed E-state index contributed by atoms with van der Waals surface area (Å²) < 4.78 is 15.5. The van der Waals surface area contributed by atoms with Crippen molar-refractivity contribution in [2.24, 2.45) is 0 Å². The Bertz CT molecular complexity index is 573. The predicted molar refractivity (Wildman–Crippen MR) is 75.4 cm³/mol. The topological polar surface area (TPSA) is 53.5 Å². The summed E-state index contributed by atoms with van der Waals surface area (Å²) in [6, 6.07) is 5.85. The van der Waals surface area contributed by atoms with E-state index in [1.54, 1.807) is 20.4 Å². The van der Waals surface area contributed by atoms with Crippen LogP contribution in [-0.4, -0.2) is 31.0 Å². The highest BCUT2D eigenvalue weighted by molar-refractivity contribution is 5.60. The monoisotopic (exact) mass is 274 g/mol. The summed E-state index contributed by atoms with van der Waals surface area (Å²) in [6.45, 7) is 2.70. The normalized spacial score (nSPS) is 10.6. The number of aryl methyl sites for hydroxylation is 1. The van der Waals surface area contributed by atoms with Crippen molar-refractivity contribution in [3.63, 3.8) is 0 Å². The molecule has 0 spiro atoms. The molecule has 20 heavy (non-hydrogen) atoms. The van der Waals surface area contributed by atoms with Crippen LogP contribution in [0.15, 0.2) is 30.6 Å². The van der Waals surface area contributed by atoms with Gasteiger partial charge < -0.3 is 14.2 Å². The van der Waals surface area contributed by atoms with Crippen LogP contribution in [-0.2, 0) is 16.1 Å². The van der Waals surface area contributed by atoms with Gasteiger partial charge in [0.1, 0.15) is 6.79 Å². The number of hydrogen-bond acceptors (Lipinski definition) is 5. The van der Waals surface area contributed by atoms with Crippen molar-refractivity contribution in [2.75, 3.05) is 21.0 Å².